The van der Waals surface area contributed by atoms with Crippen molar-refractivity contribution in [2.75, 3.05) is 0 Å². The minimum absolute atomic E-state index is 0.163. The Bertz CT molecular complexity index is 516. The van der Waals surface area contributed by atoms with Crippen molar-refractivity contribution in [3.63, 3.8) is 0 Å². The van der Waals surface area contributed by atoms with Crippen molar-refractivity contribution in [2.45, 2.75) is 0 Å². The third-order valence-corrected chi connectivity index (χ3v) is 2.60. The molecule has 13 heavy (non-hydrogen) atoms. The van der Waals surface area contributed by atoms with Gasteiger partial charge >= 0.3 is 0 Å². The maximum Gasteiger partial charge on any atom is 0.151 e. The van der Waals surface area contributed by atoms with Crippen LogP contribution in [0.2, 0.25) is 0 Å². The van der Waals surface area contributed by atoms with Gasteiger partial charge in [-0.05, 0) is 12.1 Å². The van der Waals surface area contributed by atoms with Gasteiger partial charge in [-0.25, -0.2) is 0 Å². The first-order valence-electron chi connectivity index (χ1n) is 3.98. The Balaban J connectivity index is 3.02. The number of hydrogen-bond donors (Lipinski definition) is 1. The van der Waals surface area contributed by atoms with E-state index in [0.29, 0.717) is 4.64 Å². The molecule has 1 heterocycles. The average molecular weight is 191 g/mol. The number of aromatic nitrogens is 1. The summed E-state index contributed by atoms with van der Waals surface area (Å²) in [6.45, 7) is 0. The number of fused-ring (bicyclic) bond motifs is 1. The maximum atomic E-state index is 9.47. The van der Waals surface area contributed by atoms with Crippen LogP contribution >= 0.6 is 12.2 Å². The van der Waals surface area contributed by atoms with Gasteiger partial charge in [-0.15, -0.1) is 0 Å². The highest BCUT2D eigenvalue weighted by Crippen LogP contribution is 2.20. The second-order valence-electron chi connectivity index (χ2n) is 2.95. The summed E-state index contributed by atoms with van der Waals surface area (Å²) in [5.74, 6) is 0.163. The Hall–Kier alpha value is -1.35. The summed E-state index contributed by atoms with van der Waals surface area (Å²) in [4.78, 5) is 0. The van der Waals surface area contributed by atoms with Gasteiger partial charge in [0.15, 0.2) is 5.75 Å². The molecule has 0 aliphatic rings. The first-order valence-corrected chi connectivity index (χ1v) is 4.39. The molecule has 0 amide bonds. The van der Waals surface area contributed by atoms with E-state index in [2.05, 4.69) is 0 Å². The van der Waals surface area contributed by atoms with E-state index in [0.717, 1.165) is 10.9 Å². The number of pyridine rings is 1. The highest BCUT2D eigenvalue weighted by Gasteiger charge is 2.00. The Labute approximate surface area is 81.1 Å². The van der Waals surface area contributed by atoms with Crippen molar-refractivity contribution in [1.29, 1.82) is 0 Å². The lowest BCUT2D eigenvalue weighted by Gasteiger charge is -2.06. The minimum Gasteiger partial charge on any atom is -0.505 e. The molecule has 2 rings (SSSR count). The van der Waals surface area contributed by atoms with E-state index in [1.54, 1.807) is 10.6 Å². The van der Waals surface area contributed by atoms with Crippen molar-refractivity contribution in [2.24, 2.45) is 7.05 Å². The second-order valence-corrected chi connectivity index (χ2v) is 3.34. The third-order valence-electron chi connectivity index (χ3n) is 2.11. The van der Waals surface area contributed by atoms with E-state index in [1.165, 1.54) is 0 Å². The van der Waals surface area contributed by atoms with Crippen LogP contribution in [0.5, 0.6) is 5.75 Å². The van der Waals surface area contributed by atoms with Gasteiger partial charge in [-0.2, -0.15) is 0 Å². The lowest BCUT2D eigenvalue weighted by Crippen LogP contribution is -1.94. The molecule has 0 saturated heterocycles. The summed E-state index contributed by atoms with van der Waals surface area (Å²) in [5.41, 5.74) is 1.03. The molecule has 1 aromatic carbocycles. The number of para-hydroxylation sites is 1. The van der Waals surface area contributed by atoms with Gasteiger partial charge in [0.05, 0.1) is 0 Å². The fraction of sp³-hybridized carbons (Fsp3) is 0.100. The minimum atomic E-state index is 0.163. The molecule has 1 aromatic heterocycles. The van der Waals surface area contributed by atoms with Crippen molar-refractivity contribution >= 4 is 23.1 Å². The number of hydrogen-bond acceptors (Lipinski definition) is 2. The summed E-state index contributed by atoms with van der Waals surface area (Å²) >= 11 is 5.03. The van der Waals surface area contributed by atoms with Gasteiger partial charge < -0.3 is 9.67 Å². The van der Waals surface area contributed by atoms with Crippen LogP contribution in [0.4, 0.5) is 0 Å². The monoisotopic (exact) mass is 191 g/mol. The summed E-state index contributed by atoms with van der Waals surface area (Å²) in [6.07, 6.45) is 0. The summed E-state index contributed by atoms with van der Waals surface area (Å²) in [7, 11) is 1.85. The molecule has 2 aromatic rings. The highest BCUT2D eigenvalue weighted by molar-refractivity contribution is 7.71. The highest BCUT2D eigenvalue weighted by atomic mass is 32.1. The lowest BCUT2D eigenvalue weighted by molar-refractivity contribution is 0.468. The van der Waals surface area contributed by atoms with Crippen molar-refractivity contribution in [3.8, 4) is 5.75 Å². The molecular weight excluding hydrogens is 182 g/mol. The molecule has 0 unspecified atom stereocenters. The molecule has 0 fully saturated rings. The van der Waals surface area contributed by atoms with E-state index in [9.17, 15) is 5.11 Å². The topological polar surface area (TPSA) is 25.2 Å². The first-order chi connectivity index (χ1) is 6.20. The maximum absolute atomic E-state index is 9.47. The zero-order chi connectivity index (χ0) is 9.42. The molecule has 0 radical (unpaired) electrons. The largest absolute Gasteiger partial charge is 0.505 e. The molecule has 2 nitrogen and oxygen atoms in total. The average Bonchev–Trinajstić information content (AvgIpc) is 2.15. The third kappa shape index (κ3) is 1.21. The molecule has 0 atom stereocenters. The Morgan fingerprint density at radius 3 is 2.77 bits per heavy atom. The molecule has 0 saturated carbocycles. The predicted molar refractivity (Wildman–Crippen MR) is 55.4 cm³/mol. The summed E-state index contributed by atoms with van der Waals surface area (Å²) in [6, 6.07) is 9.51. The molecule has 0 aliphatic carbocycles. The number of rotatable bonds is 0. The van der Waals surface area contributed by atoms with E-state index in [1.807, 2.05) is 31.3 Å². The van der Waals surface area contributed by atoms with Crippen LogP contribution in [-0.2, 0) is 7.05 Å². The van der Waals surface area contributed by atoms with Crippen LogP contribution in [0, 0.1) is 4.64 Å². The SMILES string of the molecule is Cn1c(=S)c(O)cc2ccccc21. The van der Waals surface area contributed by atoms with Gasteiger partial charge in [-0.1, -0.05) is 30.4 Å². The quantitative estimate of drug-likeness (QED) is 0.647. The van der Waals surface area contributed by atoms with Gasteiger partial charge in [0.25, 0.3) is 0 Å². The van der Waals surface area contributed by atoms with Crippen LogP contribution in [0.1, 0.15) is 0 Å². The first kappa shape index (κ1) is 8.26. The lowest BCUT2D eigenvalue weighted by atomic mass is 10.2. The predicted octanol–water partition coefficient (Wildman–Crippen LogP) is 2.61. The molecule has 3 heteroatoms. The van der Waals surface area contributed by atoms with Crippen LogP contribution in [0.3, 0.4) is 0 Å². The van der Waals surface area contributed by atoms with Gasteiger partial charge in [0.1, 0.15) is 4.64 Å². The number of aryl methyl sites for hydroxylation is 1. The van der Waals surface area contributed by atoms with E-state index >= 15 is 0 Å². The number of aromatic hydroxyl groups is 1. The summed E-state index contributed by atoms with van der Waals surface area (Å²) < 4.78 is 2.28. The van der Waals surface area contributed by atoms with E-state index in [-0.39, 0.29) is 5.75 Å². The Morgan fingerprint density at radius 2 is 2.00 bits per heavy atom. The zero-order valence-electron chi connectivity index (χ0n) is 7.19. The standard InChI is InChI=1S/C10H9NOS/c1-11-8-5-3-2-4-7(8)6-9(12)10(11)13/h2-6,12H,1H3. The number of nitrogens with zero attached hydrogens (tertiary/aromatic N) is 1. The van der Waals surface area contributed by atoms with E-state index < -0.39 is 0 Å². The fourth-order valence-corrected chi connectivity index (χ4v) is 1.56. The molecule has 0 spiro atoms. The smallest absolute Gasteiger partial charge is 0.151 e. The Kier molecular flexibility index (Phi) is 1.81. The van der Waals surface area contributed by atoms with Crippen LogP contribution in [0.25, 0.3) is 10.9 Å². The normalized spacial score (nSPS) is 10.5. The number of benzene rings is 1. The van der Waals surface area contributed by atoms with Gasteiger partial charge in [0.2, 0.25) is 0 Å². The van der Waals surface area contributed by atoms with Gasteiger partial charge in [0, 0.05) is 18.0 Å². The molecule has 66 valence electrons. The fourth-order valence-electron chi connectivity index (χ4n) is 1.41. The van der Waals surface area contributed by atoms with Crippen LogP contribution in [0.15, 0.2) is 30.3 Å². The molecule has 1 N–H and O–H groups in total. The van der Waals surface area contributed by atoms with Crippen LogP contribution < -0.4 is 0 Å². The van der Waals surface area contributed by atoms with Gasteiger partial charge in [-0.3, -0.25) is 0 Å². The van der Waals surface area contributed by atoms with E-state index in [4.69, 9.17) is 12.2 Å². The van der Waals surface area contributed by atoms with Crippen molar-refractivity contribution in [3.05, 3.63) is 35.0 Å². The van der Waals surface area contributed by atoms with Crippen molar-refractivity contribution < 1.29 is 5.11 Å². The Morgan fingerprint density at radius 1 is 1.31 bits per heavy atom. The molecular formula is C10H9NOS. The summed E-state index contributed by atoms with van der Waals surface area (Å²) in [5, 5.41) is 10.5. The molecule has 0 bridgehead atoms. The zero-order valence-corrected chi connectivity index (χ0v) is 8.01. The van der Waals surface area contributed by atoms with Crippen molar-refractivity contribution in [1.82, 2.24) is 4.57 Å². The second kappa shape index (κ2) is 2.85. The molecule has 0 aliphatic heterocycles. The van der Waals surface area contributed by atoms with Crippen LogP contribution in [-0.4, -0.2) is 9.67 Å².